The van der Waals surface area contributed by atoms with Gasteiger partial charge in [0.1, 0.15) is 12.4 Å². The molecule has 4 rings (SSSR count). The lowest BCUT2D eigenvalue weighted by atomic mass is 10.1. The van der Waals surface area contributed by atoms with Crippen LogP contribution < -0.4 is 10.1 Å². The minimum Gasteiger partial charge on any atom is -0.488 e. The third-order valence-corrected chi connectivity index (χ3v) is 5.88. The molecule has 4 aromatic rings. The van der Waals surface area contributed by atoms with E-state index in [1.165, 1.54) is 0 Å². The molecule has 0 unspecified atom stereocenters. The number of para-hydroxylation sites is 2. The van der Waals surface area contributed by atoms with E-state index in [2.05, 4.69) is 10.4 Å². The van der Waals surface area contributed by atoms with Gasteiger partial charge in [-0.25, -0.2) is 4.68 Å². The van der Waals surface area contributed by atoms with Gasteiger partial charge in [0.25, 0.3) is 5.91 Å². The highest BCUT2D eigenvalue weighted by Crippen LogP contribution is 2.23. The van der Waals surface area contributed by atoms with E-state index < -0.39 is 0 Å². The van der Waals surface area contributed by atoms with Crippen molar-refractivity contribution in [3.8, 4) is 11.4 Å². The second-order valence-corrected chi connectivity index (χ2v) is 8.29. The quantitative estimate of drug-likeness (QED) is 0.407. The molecule has 5 nitrogen and oxygen atoms in total. The SMILES string of the molecule is Cc1cccc(C)c1OCc1ccc(C(=O)NCc2c(C)nn(-c3ccccc3)c2C)cc1. The first-order valence-electron chi connectivity index (χ1n) is 11.1. The van der Waals surface area contributed by atoms with Gasteiger partial charge in [-0.1, -0.05) is 48.5 Å². The van der Waals surface area contributed by atoms with Gasteiger partial charge in [0, 0.05) is 23.4 Å². The highest BCUT2D eigenvalue weighted by Gasteiger charge is 2.14. The average Bonchev–Trinajstić information content (AvgIpc) is 3.11. The van der Waals surface area contributed by atoms with Crippen molar-refractivity contribution in [3.05, 3.63) is 112 Å². The molecule has 3 aromatic carbocycles. The molecule has 0 fully saturated rings. The fourth-order valence-corrected chi connectivity index (χ4v) is 3.96. The Morgan fingerprint density at radius 1 is 0.879 bits per heavy atom. The standard InChI is InChI=1S/C28H29N3O2/c1-19-9-8-10-20(2)27(19)33-18-23-13-15-24(16-14-23)28(32)29-17-26-21(3)30-31(22(26)4)25-11-6-5-7-12-25/h5-16H,17-18H2,1-4H3,(H,29,32). The normalized spacial score (nSPS) is 10.8. The van der Waals surface area contributed by atoms with E-state index in [4.69, 9.17) is 4.74 Å². The molecular formula is C28H29N3O2. The van der Waals surface area contributed by atoms with Crippen molar-refractivity contribution >= 4 is 5.91 Å². The summed E-state index contributed by atoms with van der Waals surface area (Å²) in [6.45, 7) is 8.98. The molecular weight excluding hydrogens is 410 g/mol. The zero-order valence-electron chi connectivity index (χ0n) is 19.6. The van der Waals surface area contributed by atoms with Crippen molar-refractivity contribution < 1.29 is 9.53 Å². The van der Waals surface area contributed by atoms with Crippen molar-refractivity contribution in [3.63, 3.8) is 0 Å². The Balaban J connectivity index is 1.38. The first-order chi connectivity index (χ1) is 15.9. The molecule has 1 aromatic heterocycles. The summed E-state index contributed by atoms with van der Waals surface area (Å²) < 4.78 is 7.93. The Kier molecular flexibility index (Phi) is 6.59. The molecule has 1 N–H and O–H groups in total. The van der Waals surface area contributed by atoms with Gasteiger partial charge in [-0.2, -0.15) is 5.10 Å². The van der Waals surface area contributed by atoms with Gasteiger partial charge >= 0.3 is 0 Å². The van der Waals surface area contributed by atoms with E-state index >= 15 is 0 Å². The summed E-state index contributed by atoms with van der Waals surface area (Å²) in [5.41, 5.74) is 7.86. The van der Waals surface area contributed by atoms with Gasteiger partial charge in [-0.15, -0.1) is 0 Å². The summed E-state index contributed by atoms with van der Waals surface area (Å²) >= 11 is 0. The Hall–Kier alpha value is -3.86. The molecule has 5 heteroatoms. The summed E-state index contributed by atoms with van der Waals surface area (Å²) in [7, 11) is 0. The van der Waals surface area contributed by atoms with E-state index in [1.807, 2.05) is 105 Å². The molecule has 0 bridgehead atoms. The maximum Gasteiger partial charge on any atom is 0.251 e. The number of hydrogen-bond donors (Lipinski definition) is 1. The van der Waals surface area contributed by atoms with Crippen LogP contribution in [-0.4, -0.2) is 15.7 Å². The van der Waals surface area contributed by atoms with E-state index in [1.54, 1.807) is 0 Å². The van der Waals surface area contributed by atoms with Crippen molar-refractivity contribution in [1.29, 1.82) is 0 Å². The van der Waals surface area contributed by atoms with Gasteiger partial charge in [0.05, 0.1) is 11.4 Å². The number of nitrogens with one attached hydrogen (secondary N) is 1. The summed E-state index contributed by atoms with van der Waals surface area (Å²) in [4.78, 5) is 12.7. The van der Waals surface area contributed by atoms with Gasteiger partial charge in [-0.3, -0.25) is 4.79 Å². The Bertz CT molecular complexity index is 1240. The maximum atomic E-state index is 12.7. The lowest BCUT2D eigenvalue weighted by molar-refractivity contribution is 0.0951. The lowest BCUT2D eigenvalue weighted by Crippen LogP contribution is -2.23. The highest BCUT2D eigenvalue weighted by molar-refractivity contribution is 5.94. The predicted octanol–water partition coefficient (Wildman–Crippen LogP) is 5.61. The molecule has 0 saturated heterocycles. The van der Waals surface area contributed by atoms with Crippen LogP contribution in [0.4, 0.5) is 0 Å². The number of amides is 1. The Morgan fingerprint density at radius 3 is 2.21 bits per heavy atom. The summed E-state index contributed by atoms with van der Waals surface area (Å²) in [6, 6.07) is 23.7. The fraction of sp³-hybridized carbons (Fsp3) is 0.214. The Morgan fingerprint density at radius 2 is 1.55 bits per heavy atom. The second kappa shape index (κ2) is 9.74. The summed E-state index contributed by atoms with van der Waals surface area (Å²) in [6.07, 6.45) is 0. The van der Waals surface area contributed by atoms with Gasteiger partial charge in [-0.05, 0) is 68.7 Å². The van der Waals surface area contributed by atoms with Crippen LogP contribution in [0.3, 0.4) is 0 Å². The number of carbonyl (C=O) groups excluding carboxylic acids is 1. The highest BCUT2D eigenvalue weighted by atomic mass is 16.5. The van der Waals surface area contributed by atoms with Crippen LogP contribution in [0.5, 0.6) is 5.75 Å². The van der Waals surface area contributed by atoms with E-state index in [-0.39, 0.29) is 5.91 Å². The molecule has 0 aliphatic heterocycles. The summed E-state index contributed by atoms with van der Waals surface area (Å²) in [5, 5.41) is 7.68. The molecule has 168 valence electrons. The number of nitrogens with zero attached hydrogens (tertiary/aromatic N) is 2. The molecule has 1 amide bonds. The number of aryl methyl sites for hydroxylation is 3. The Labute approximate surface area is 195 Å². The number of rotatable bonds is 7. The topological polar surface area (TPSA) is 56.1 Å². The number of ether oxygens (including phenoxy) is 1. The fourth-order valence-electron chi connectivity index (χ4n) is 3.96. The van der Waals surface area contributed by atoms with Gasteiger partial charge < -0.3 is 10.1 Å². The minimum atomic E-state index is -0.108. The monoisotopic (exact) mass is 439 g/mol. The molecule has 1 heterocycles. The molecule has 0 atom stereocenters. The van der Waals surface area contributed by atoms with Crippen LogP contribution in [-0.2, 0) is 13.2 Å². The van der Waals surface area contributed by atoms with Crippen LogP contribution in [0.2, 0.25) is 0 Å². The van der Waals surface area contributed by atoms with Crippen LogP contribution in [0, 0.1) is 27.7 Å². The predicted molar refractivity (Wildman–Crippen MR) is 131 cm³/mol. The van der Waals surface area contributed by atoms with Crippen molar-refractivity contribution in [2.75, 3.05) is 0 Å². The molecule has 0 aliphatic carbocycles. The van der Waals surface area contributed by atoms with E-state index in [0.717, 1.165) is 45.1 Å². The molecule has 0 spiro atoms. The number of aromatic nitrogens is 2. The number of hydrogen-bond acceptors (Lipinski definition) is 3. The first-order valence-corrected chi connectivity index (χ1v) is 11.1. The maximum absolute atomic E-state index is 12.7. The van der Waals surface area contributed by atoms with E-state index in [0.29, 0.717) is 18.7 Å². The molecule has 0 aliphatic rings. The van der Waals surface area contributed by atoms with E-state index in [9.17, 15) is 4.79 Å². The summed E-state index contributed by atoms with van der Waals surface area (Å²) in [5.74, 6) is 0.810. The second-order valence-electron chi connectivity index (χ2n) is 8.29. The van der Waals surface area contributed by atoms with Crippen molar-refractivity contribution in [2.24, 2.45) is 0 Å². The van der Waals surface area contributed by atoms with Crippen molar-refractivity contribution in [2.45, 2.75) is 40.8 Å². The smallest absolute Gasteiger partial charge is 0.251 e. The minimum absolute atomic E-state index is 0.108. The first kappa shape index (κ1) is 22.3. The lowest BCUT2D eigenvalue weighted by Gasteiger charge is -2.12. The van der Waals surface area contributed by atoms with Gasteiger partial charge in [0.2, 0.25) is 0 Å². The molecule has 0 radical (unpaired) electrons. The molecule has 0 saturated carbocycles. The number of benzene rings is 3. The third kappa shape index (κ3) is 4.98. The molecule has 33 heavy (non-hydrogen) atoms. The van der Waals surface area contributed by atoms with Crippen LogP contribution in [0.1, 0.15) is 44.0 Å². The zero-order chi connectivity index (χ0) is 23.4. The zero-order valence-corrected chi connectivity index (χ0v) is 19.6. The van der Waals surface area contributed by atoms with Crippen LogP contribution >= 0.6 is 0 Å². The number of carbonyl (C=O) groups is 1. The average molecular weight is 440 g/mol. The third-order valence-electron chi connectivity index (χ3n) is 5.88. The van der Waals surface area contributed by atoms with Gasteiger partial charge in [0.15, 0.2) is 0 Å². The van der Waals surface area contributed by atoms with Crippen LogP contribution in [0.15, 0.2) is 72.8 Å². The van der Waals surface area contributed by atoms with Crippen LogP contribution in [0.25, 0.3) is 5.69 Å². The van der Waals surface area contributed by atoms with Crippen molar-refractivity contribution in [1.82, 2.24) is 15.1 Å². The largest absolute Gasteiger partial charge is 0.488 e.